The van der Waals surface area contributed by atoms with Gasteiger partial charge in [-0.3, -0.25) is 4.79 Å². The normalized spacial score (nSPS) is 17.2. The average Bonchev–Trinajstić information content (AvgIpc) is 3.10. The van der Waals surface area contributed by atoms with Crippen molar-refractivity contribution in [2.45, 2.75) is 111 Å². The van der Waals surface area contributed by atoms with Gasteiger partial charge in [0, 0.05) is 5.57 Å². The third-order valence-corrected chi connectivity index (χ3v) is 9.88. The number of ether oxygens (including phenoxy) is 3. The first-order valence-electron chi connectivity index (χ1n) is 18.1. The molecular weight excluding hydrogens is 616 g/mol. The van der Waals surface area contributed by atoms with Gasteiger partial charge in [-0.2, -0.15) is 0 Å². The Kier molecular flexibility index (Phi) is 15.6. The van der Waals surface area contributed by atoms with Crippen LogP contribution in [-0.2, 0) is 41.4 Å². The topological polar surface area (TPSA) is 99.1 Å². The van der Waals surface area contributed by atoms with Crippen molar-refractivity contribution in [2.75, 3.05) is 19.8 Å². The van der Waals surface area contributed by atoms with Crippen LogP contribution >= 0.6 is 0 Å². The van der Waals surface area contributed by atoms with Crippen LogP contribution in [0.5, 0.6) is 0 Å². The molecule has 49 heavy (non-hydrogen) atoms. The van der Waals surface area contributed by atoms with Crippen molar-refractivity contribution in [3.63, 3.8) is 0 Å². The number of hydrogen-bond acceptors (Lipinski definition) is 7. The Bertz CT molecular complexity index is 1380. The predicted octanol–water partition coefficient (Wildman–Crippen LogP) is 9.62. The standard InChI is InChI=1S/C42H58O7/c1-8-10-11-12-32-13-15-34(16-14-32)35-17-19-36(20-18-35)38-22-21-37(33(9-2)25-38)23-24-42(26-47-39(44)29(3)4,27-48-40(45)30(5)6)28-49-41(46)31(7)43/h17-22,25,30,32,34,43H,3,7-16,23-24,26-28H2,1-2,4-6H3. The number of carbonyl (C=O) groups is 3. The first-order chi connectivity index (χ1) is 23.4. The quantitative estimate of drug-likeness (QED) is 0.0521. The molecule has 3 rings (SSSR count). The molecule has 2 aromatic carbocycles. The fraction of sp³-hybridized carbons (Fsp3) is 0.548. The lowest BCUT2D eigenvalue weighted by molar-refractivity contribution is -0.162. The summed E-state index contributed by atoms with van der Waals surface area (Å²) in [5.74, 6) is -1.59. The molecule has 1 fully saturated rings. The number of aliphatic hydroxyl groups excluding tert-OH is 1. The number of aryl methyl sites for hydroxylation is 2. The third-order valence-electron chi connectivity index (χ3n) is 9.88. The van der Waals surface area contributed by atoms with Crippen LogP contribution in [0.15, 0.2) is 67.0 Å². The van der Waals surface area contributed by atoms with Gasteiger partial charge in [0.05, 0.1) is 11.3 Å². The van der Waals surface area contributed by atoms with Crippen molar-refractivity contribution in [3.8, 4) is 11.1 Å². The van der Waals surface area contributed by atoms with E-state index < -0.39 is 29.1 Å². The molecule has 7 nitrogen and oxygen atoms in total. The van der Waals surface area contributed by atoms with Gasteiger partial charge in [0.2, 0.25) is 0 Å². The molecule has 0 radical (unpaired) electrons. The molecule has 0 bridgehead atoms. The number of hydrogen-bond donors (Lipinski definition) is 1. The zero-order valence-electron chi connectivity index (χ0n) is 30.5. The van der Waals surface area contributed by atoms with Crippen LogP contribution in [0.1, 0.15) is 115 Å². The van der Waals surface area contributed by atoms with E-state index in [9.17, 15) is 19.5 Å². The van der Waals surface area contributed by atoms with E-state index in [-0.39, 0.29) is 31.3 Å². The van der Waals surface area contributed by atoms with Crippen molar-refractivity contribution in [2.24, 2.45) is 17.3 Å². The highest BCUT2D eigenvalue weighted by molar-refractivity contribution is 5.87. The smallest absolute Gasteiger partial charge is 0.372 e. The highest BCUT2D eigenvalue weighted by Gasteiger charge is 2.36. The van der Waals surface area contributed by atoms with Gasteiger partial charge in [-0.15, -0.1) is 0 Å². The highest BCUT2D eigenvalue weighted by atomic mass is 16.6. The molecule has 1 unspecified atom stereocenters. The number of unbranched alkanes of at least 4 members (excludes halogenated alkanes) is 2. The summed E-state index contributed by atoms with van der Waals surface area (Å²) < 4.78 is 16.5. The highest BCUT2D eigenvalue weighted by Crippen LogP contribution is 2.38. The molecule has 0 aromatic heterocycles. The van der Waals surface area contributed by atoms with Gasteiger partial charge < -0.3 is 19.3 Å². The monoisotopic (exact) mass is 674 g/mol. The molecule has 0 aliphatic heterocycles. The Morgan fingerprint density at radius 2 is 1.45 bits per heavy atom. The lowest BCUT2D eigenvalue weighted by Crippen LogP contribution is -2.40. The minimum Gasteiger partial charge on any atom is -0.502 e. The number of rotatable bonds is 19. The Morgan fingerprint density at radius 3 is 2.02 bits per heavy atom. The van der Waals surface area contributed by atoms with E-state index in [0.29, 0.717) is 18.8 Å². The molecule has 1 aliphatic rings. The summed E-state index contributed by atoms with van der Waals surface area (Å²) in [6.07, 6.45) is 12.4. The summed E-state index contributed by atoms with van der Waals surface area (Å²) in [6, 6.07) is 15.6. The van der Waals surface area contributed by atoms with Gasteiger partial charge in [-0.1, -0.05) is 102 Å². The fourth-order valence-corrected chi connectivity index (χ4v) is 6.57. The zero-order chi connectivity index (χ0) is 36.0. The molecule has 0 heterocycles. The van der Waals surface area contributed by atoms with Crippen molar-refractivity contribution in [1.82, 2.24) is 0 Å². The Hall–Kier alpha value is -3.87. The SMILES string of the molecule is C=C(C)C(=O)OCC(CCc1ccc(-c2ccc(C3CCC(CCCCC)CC3)cc2)cc1CC)(COC(=O)C(=C)O)COC(=O)C(C)C. The minimum atomic E-state index is -1.07. The van der Waals surface area contributed by atoms with Gasteiger partial charge in [0.15, 0.2) is 5.76 Å². The third kappa shape index (κ3) is 12.2. The van der Waals surface area contributed by atoms with E-state index >= 15 is 0 Å². The van der Waals surface area contributed by atoms with Crippen LogP contribution in [0, 0.1) is 17.3 Å². The van der Waals surface area contributed by atoms with Gasteiger partial charge in [-0.25, -0.2) is 9.59 Å². The minimum absolute atomic E-state index is 0.148. The molecule has 0 spiro atoms. The Labute approximate surface area is 294 Å². The maximum Gasteiger partial charge on any atom is 0.372 e. The van der Waals surface area contributed by atoms with Crippen LogP contribution in [0.25, 0.3) is 11.1 Å². The van der Waals surface area contributed by atoms with Crippen molar-refractivity contribution in [1.29, 1.82) is 0 Å². The van der Waals surface area contributed by atoms with Crippen LogP contribution in [-0.4, -0.2) is 42.8 Å². The van der Waals surface area contributed by atoms with E-state index in [1.807, 2.05) is 0 Å². The second kappa shape index (κ2) is 19.4. The van der Waals surface area contributed by atoms with Crippen LogP contribution in [0.3, 0.4) is 0 Å². The van der Waals surface area contributed by atoms with Crippen molar-refractivity contribution >= 4 is 17.9 Å². The van der Waals surface area contributed by atoms with Crippen molar-refractivity contribution < 1.29 is 33.7 Å². The fourth-order valence-electron chi connectivity index (χ4n) is 6.57. The lowest BCUT2D eigenvalue weighted by Gasteiger charge is -2.33. The molecule has 1 atom stereocenters. The molecule has 2 aromatic rings. The molecule has 268 valence electrons. The second-order valence-electron chi connectivity index (χ2n) is 14.3. The van der Waals surface area contributed by atoms with Crippen LogP contribution in [0.2, 0.25) is 0 Å². The first kappa shape index (κ1) is 39.6. The van der Waals surface area contributed by atoms with Gasteiger partial charge in [-0.05, 0) is 98.1 Å². The number of carbonyl (C=O) groups excluding carboxylic acids is 3. The van der Waals surface area contributed by atoms with E-state index in [1.54, 1.807) is 20.8 Å². The molecule has 0 saturated heterocycles. The molecule has 1 N–H and O–H groups in total. The molecule has 1 saturated carbocycles. The second-order valence-corrected chi connectivity index (χ2v) is 14.3. The van der Waals surface area contributed by atoms with Gasteiger partial charge in [0.25, 0.3) is 0 Å². The zero-order valence-corrected chi connectivity index (χ0v) is 30.5. The van der Waals surface area contributed by atoms with Gasteiger partial charge >= 0.3 is 17.9 Å². The van der Waals surface area contributed by atoms with E-state index in [0.717, 1.165) is 23.5 Å². The predicted molar refractivity (Wildman–Crippen MR) is 195 cm³/mol. The van der Waals surface area contributed by atoms with Crippen LogP contribution < -0.4 is 0 Å². The lowest BCUT2D eigenvalue weighted by atomic mass is 9.77. The number of esters is 3. The van der Waals surface area contributed by atoms with E-state index in [2.05, 4.69) is 69.5 Å². The molecule has 7 heteroatoms. The summed E-state index contributed by atoms with van der Waals surface area (Å²) in [4.78, 5) is 37.1. The summed E-state index contributed by atoms with van der Waals surface area (Å²) in [7, 11) is 0. The van der Waals surface area contributed by atoms with E-state index in [1.165, 1.54) is 68.1 Å². The number of benzene rings is 2. The van der Waals surface area contributed by atoms with E-state index in [4.69, 9.17) is 14.2 Å². The summed E-state index contributed by atoms with van der Waals surface area (Å²) in [5.41, 5.74) is 5.18. The average molecular weight is 675 g/mol. The molecule has 1 aliphatic carbocycles. The summed E-state index contributed by atoms with van der Waals surface area (Å²) >= 11 is 0. The summed E-state index contributed by atoms with van der Waals surface area (Å²) in [6.45, 7) is 15.7. The summed E-state index contributed by atoms with van der Waals surface area (Å²) in [5, 5.41) is 9.57. The Balaban J connectivity index is 1.78. The maximum absolute atomic E-state index is 12.5. The largest absolute Gasteiger partial charge is 0.502 e. The maximum atomic E-state index is 12.5. The van der Waals surface area contributed by atoms with Crippen LogP contribution in [0.4, 0.5) is 0 Å². The first-order valence-corrected chi connectivity index (χ1v) is 18.1. The Morgan fingerprint density at radius 1 is 0.837 bits per heavy atom. The molecule has 0 amide bonds. The number of aliphatic hydroxyl groups is 1. The molecular formula is C42H58O7. The van der Waals surface area contributed by atoms with Gasteiger partial charge in [0.1, 0.15) is 19.8 Å². The van der Waals surface area contributed by atoms with Crippen molar-refractivity contribution in [3.05, 3.63) is 83.6 Å².